The summed E-state index contributed by atoms with van der Waals surface area (Å²) in [5, 5.41) is 4.15. The highest BCUT2D eigenvalue weighted by Crippen LogP contribution is 2.14. The Bertz CT molecular complexity index is 518. The van der Waals surface area contributed by atoms with Crippen LogP contribution in [-0.4, -0.2) is 58.1 Å². The third kappa shape index (κ3) is 2.28. The standard InChI is InChI=1S/C12H16ClN5/c13-3-6-16-7-9-17(10-8-16)11-2-5-18-12(15-11)1-4-14-18/h1-2,4-5H,3,6-10H2. The zero-order chi connectivity index (χ0) is 12.4. The molecule has 5 nitrogen and oxygen atoms in total. The number of piperazine rings is 1. The van der Waals surface area contributed by atoms with E-state index in [0.29, 0.717) is 5.88 Å². The molecule has 1 aliphatic heterocycles. The van der Waals surface area contributed by atoms with E-state index in [2.05, 4.69) is 19.9 Å². The second kappa shape index (κ2) is 5.12. The smallest absolute Gasteiger partial charge is 0.157 e. The molecular formula is C12H16ClN5. The minimum Gasteiger partial charge on any atom is -0.354 e. The van der Waals surface area contributed by atoms with E-state index in [9.17, 15) is 0 Å². The van der Waals surface area contributed by atoms with Crippen molar-refractivity contribution in [3.63, 3.8) is 0 Å². The molecule has 18 heavy (non-hydrogen) atoms. The van der Waals surface area contributed by atoms with Crippen molar-refractivity contribution < 1.29 is 0 Å². The number of rotatable bonds is 3. The molecule has 6 heteroatoms. The van der Waals surface area contributed by atoms with Crippen LogP contribution in [0.2, 0.25) is 0 Å². The molecule has 0 atom stereocenters. The molecule has 0 aliphatic carbocycles. The molecule has 0 bridgehead atoms. The van der Waals surface area contributed by atoms with Gasteiger partial charge in [-0.3, -0.25) is 4.90 Å². The summed E-state index contributed by atoms with van der Waals surface area (Å²) in [6, 6.07) is 3.95. The van der Waals surface area contributed by atoms with E-state index >= 15 is 0 Å². The molecule has 0 amide bonds. The molecule has 3 rings (SSSR count). The molecule has 1 aliphatic rings. The lowest BCUT2D eigenvalue weighted by atomic mass is 10.3. The van der Waals surface area contributed by atoms with E-state index in [4.69, 9.17) is 11.6 Å². The minimum absolute atomic E-state index is 0.708. The van der Waals surface area contributed by atoms with Gasteiger partial charge in [0.05, 0.1) is 6.20 Å². The molecule has 0 radical (unpaired) electrons. The third-order valence-electron chi connectivity index (χ3n) is 3.34. The Balaban J connectivity index is 1.71. The predicted molar refractivity (Wildman–Crippen MR) is 72.4 cm³/mol. The van der Waals surface area contributed by atoms with Crippen molar-refractivity contribution in [2.24, 2.45) is 0 Å². The summed E-state index contributed by atoms with van der Waals surface area (Å²) in [5.41, 5.74) is 0.899. The van der Waals surface area contributed by atoms with Gasteiger partial charge in [0.15, 0.2) is 5.65 Å². The fourth-order valence-electron chi connectivity index (χ4n) is 2.30. The molecule has 2 aromatic rings. The molecule has 0 unspecified atom stereocenters. The Labute approximate surface area is 111 Å². The summed E-state index contributed by atoms with van der Waals surface area (Å²) in [6.07, 6.45) is 3.73. The van der Waals surface area contributed by atoms with Gasteiger partial charge in [-0.15, -0.1) is 11.6 Å². The molecular weight excluding hydrogens is 250 g/mol. The van der Waals surface area contributed by atoms with Gasteiger partial charge in [0.1, 0.15) is 5.82 Å². The fourth-order valence-corrected chi connectivity index (χ4v) is 2.54. The van der Waals surface area contributed by atoms with Crippen LogP contribution in [0.1, 0.15) is 0 Å². The van der Waals surface area contributed by atoms with Crippen LogP contribution in [0, 0.1) is 0 Å². The first-order valence-corrected chi connectivity index (χ1v) is 6.74. The number of anilines is 1. The van der Waals surface area contributed by atoms with Gasteiger partial charge in [0, 0.05) is 50.9 Å². The van der Waals surface area contributed by atoms with Crippen molar-refractivity contribution in [1.29, 1.82) is 0 Å². The van der Waals surface area contributed by atoms with Crippen molar-refractivity contribution in [2.75, 3.05) is 43.5 Å². The minimum atomic E-state index is 0.708. The normalized spacial score (nSPS) is 17.5. The van der Waals surface area contributed by atoms with Crippen LogP contribution < -0.4 is 4.90 Å². The van der Waals surface area contributed by atoms with Crippen LogP contribution in [0.4, 0.5) is 5.82 Å². The van der Waals surface area contributed by atoms with Gasteiger partial charge >= 0.3 is 0 Å². The highest BCUT2D eigenvalue weighted by molar-refractivity contribution is 6.18. The summed E-state index contributed by atoms with van der Waals surface area (Å²) in [4.78, 5) is 9.32. The summed E-state index contributed by atoms with van der Waals surface area (Å²) < 4.78 is 1.78. The molecule has 0 spiro atoms. The van der Waals surface area contributed by atoms with Gasteiger partial charge in [-0.05, 0) is 6.07 Å². The average Bonchev–Trinajstić information content (AvgIpc) is 2.87. The highest BCUT2D eigenvalue weighted by atomic mass is 35.5. The molecule has 0 aromatic carbocycles. The maximum atomic E-state index is 5.76. The van der Waals surface area contributed by atoms with Gasteiger partial charge in [-0.2, -0.15) is 5.10 Å². The van der Waals surface area contributed by atoms with E-state index in [1.807, 2.05) is 18.3 Å². The first kappa shape index (κ1) is 11.7. The third-order valence-corrected chi connectivity index (χ3v) is 3.51. The number of hydrogen-bond donors (Lipinski definition) is 0. The number of fused-ring (bicyclic) bond motifs is 1. The van der Waals surface area contributed by atoms with Crippen LogP contribution >= 0.6 is 11.6 Å². The van der Waals surface area contributed by atoms with Crippen LogP contribution in [0.3, 0.4) is 0 Å². The largest absolute Gasteiger partial charge is 0.354 e. The second-order valence-corrected chi connectivity index (χ2v) is 4.82. The van der Waals surface area contributed by atoms with Crippen molar-refractivity contribution in [3.8, 4) is 0 Å². The summed E-state index contributed by atoms with van der Waals surface area (Å²) in [7, 11) is 0. The van der Waals surface area contributed by atoms with Crippen molar-refractivity contribution in [1.82, 2.24) is 19.5 Å². The van der Waals surface area contributed by atoms with Gasteiger partial charge < -0.3 is 4.90 Å². The molecule has 0 N–H and O–H groups in total. The summed E-state index contributed by atoms with van der Waals surface area (Å²) in [5.74, 6) is 1.74. The van der Waals surface area contributed by atoms with Crippen LogP contribution in [0.15, 0.2) is 24.5 Å². The van der Waals surface area contributed by atoms with Crippen molar-refractivity contribution in [2.45, 2.75) is 0 Å². The Morgan fingerprint density at radius 2 is 2.00 bits per heavy atom. The summed E-state index contributed by atoms with van der Waals surface area (Å²) in [6.45, 7) is 5.10. The van der Waals surface area contributed by atoms with Gasteiger partial charge in [0.2, 0.25) is 0 Å². The Hall–Kier alpha value is -1.33. The zero-order valence-electron chi connectivity index (χ0n) is 10.2. The molecule has 1 fully saturated rings. The van der Waals surface area contributed by atoms with E-state index in [-0.39, 0.29) is 0 Å². The fraction of sp³-hybridized carbons (Fsp3) is 0.500. The maximum Gasteiger partial charge on any atom is 0.157 e. The average molecular weight is 266 g/mol. The first-order valence-electron chi connectivity index (χ1n) is 6.20. The van der Waals surface area contributed by atoms with Crippen molar-refractivity contribution >= 4 is 23.1 Å². The molecule has 0 saturated carbocycles. The topological polar surface area (TPSA) is 36.7 Å². The van der Waals surface area contributed by atoms with E-state index in [0.717, 1.165) is 44.2 Å². The molecule has 2 aromatic heterocycles. The number of aromatic nitrogens is 3. The van der Waals surface area contributed by atoms with Crippen LogP contribution in [-0.2, 0) is 0 Å². The van der Waals surface area contributed by atoms with E-state index in [1.165, 1.54) is 0 Å². The number of hydrogen-bond acceptors (Lipinski definition) is 4. The number of halogens is 1. The van der Waals surface area contributed by atoms with Crippen LogP contribution in [0.25, 0.3) is 5.65 Å². The monoisotopic (exact) mass is 265 g/mol. The number of alkyl halides is 1. The maximum absolute atomic E-state index is 5.76. The van der Waals surface area contributed by atoms with Crippen molar-refractivity contribution in [3.05, 3.63) is 24.5 Å². The van der Waals surface area contributed by atoms with E-state index in [1.54, 1.807) is 10.7 Å². The Kier molecular flexibility index (Phi) is 3.34. The quantitative estimate of drug-likeness (QED) is 0.779. The lowest BCUT2D eigenvalue weighted by molar-refractivity contribution is 0.272. The SMILES string of the molecule is ClCCN1CCN(c2ccn3nccc3n2)CC1. The van der Waals surface area contributed by atoms with Gasteiger partial charge in [0.25, 0.3) is 0 Å². The number of nitrogens with zero attached hydrogens (tertiary/aromatic N) is 5. The van der Waals surface area contributed by atoms with Gasteiger partial charge in [-0.1, -0.05) is 0 Å². The predicted octanol–water partition coefficient (Wildman–Crippen LogP) is 1.09. The molecule has 96 valence electrons. The Morgan fingerprint density at radius 1 is 1.17 bits per heavy atom. The lowest BCUT2D eigenvalue weighted by Crippen LogP contribution is -2.47. The van der Waals surface area contributed by atoms with E-state index < -0.39 is 0 Å². The molecule has 1 saturated heterocycles. The Morgan fingerprint density at radius 3 is 2.78 bits per heavy atom. The van der Waals surface area contributed by atoms with Crippen LogP contribution in [0.5, 0.6) is 0 Å². The second-order valence-electron chi connectivity index (χ2n) is 4.44. The molecule has 3 heterocycles. The summed E-state index contributed by atoms with van der Waals surface area (Å²) >= 11 is 5.76. The zero-order valence-corrected chi connectivity index (χ0v) is 10.9. The van der Waals surface area contributed by atoms with Gasteiger partial charge in [-0.25, -0.2) is 9.50 Å². The highest BCUT2D eigenvalue weighted by Gasteiger charge is 2.17. The lowest BCUT2D eigenvalue weighted by Gasteiger charge is -2.35. The first-order chi connectivity index (χ1) is 8.86.